The number of aliphatic hydroxyl groups is 9. The second-order valence-corrected chi connectivity index (χ2v) is 27.0. The summed E-state index contributed by atoms with van der Waals surface area (Å²) in [5.74, 6) is -2.07. The van der Waals surface area contributed by atoms with E-state index in [9.17, 15) is 60.3 Å². The molecule has 25 heteroatoms. The molecule has 542 valence electrons. The Labute approximate surface area is 551 Å². The van der Waals surface area contributed by atoms with Crippen molar-refractivity contribution in [2.75, 3.05) is 6.61 Å². The van der Waals surface area contributed by atoms with Gasteiger partial charge in [-0.15, -0.1) is 0 Å². The smallest absolute Gasteiger partial charge is 0.306 e. The van der Waals surface area contributed by atoms with Gasteiger partial charge in [-0.1, -0.05) is 168 Å². The molecule has 6 saturated heterocycles. The minimum atomic E-state index is -2.02. The van der Waals surface area contributed by atoms with Crippen LogP contribution in [0, 0.1) is 0 Å². The lowest BCUT2D eigenvalue weighted by Gasteiger charge is -2.51. The average molecular weight is 1340 g/mol. The van der Waals surface area contributed by atoms with Crippen LogP contribution in [0.1, 0.15) is 248 Å². The molecule has 6 fully saturated rings. The Kier molecular flexibility index (Phi) is 35.9. The van der Waals surface area contributed by atoms with Gasteiger partial charge in [-0.25, -0.2) is 0 Å². The molecule has 26 atom stereocenters. The first-order valence-corrected chi connectivity index (χ1v) is 35.9. The fraction of sp³-hybridized carbons (Fsp3) is 0.956. The summed E-state index contributed by atoms with van der Waals surface area (Å²) in [6.45, 7) is 11.7. The van der Waals surface area contributed by atoms with E-state index in [1.807, 2.05) is 0 Å². The first-order valence-electron chi connectivity index (χ1n) is 35.9. The van der Waals surface area contributed by atoms with Crippen LogP contribution in [-0.2, 0) is 76.0 Å². The number of hydrogen-bond acceptors (Lipinski definition) is 25. The van der Waals surface area contributed by atoms with Crippen molar-refractivity contribution in [3.8, 4) is 0 Å². The summed E-state index contributed by atoms with van der Waals surface area (Å²) in [4.78, 5) is 41.7. The van der Waals surface area contributed by atoms with Gasteiger partial charge < -0.3 is 108 Å². The van der Waals surface area contributed by atoms with Crippen LogP contribution in [-0.4, -0.2) is 230 Å². The number of carbonyl (C=O) groups is 3. The highest BCUT2D eigenvalue weighted by atomic mass is 16.8. The van der Waals surface area contributed by atoms with Crippen LogP contribution < -0.4 is 0 Å². The third-order valence-electron chi connectivity index (χ3n) is 19.2. The molecular formula is C68H120O25. The highest BCUT2D eigenvalue weighted by molar-refractivity contribution is 5.70. The van der Waals surface area contributed by atoms with E-state index in [0.717, 1.165) is 141 Å². The van der Waals surface area contributed by atoms with Crippen molar-refractivity contribution < 1.29 is 122 Å². The van der Waals surface area contributed by atoms with E-state index >= 15 is 0 Å². The zero-order valence-corrected chi connectivity index (χ0v) is 56.7. The van der Waals surface area contributed by atoms with Crippen LogP contribution in [0.15, 0.2) is 0 Å². The van der Waals surface area contributed by atoms with Crippen molar-refractivity contribution in [2.24, 2.45) is 0 Å². The largest absolute Gasteiger partial charge is 0.457 e. The minimum absolute atomic E-state index is 0.0414. The van der Waals surface area contributed by atoms with E-state index in [0.29, 0.717) is 38.5 Å². The van der Waals surface area contributed by atoms with Crippen LogP contribution >= 0.6 is 0 Å². The lowest BCUT2D eigenvalue weighted by Crippen LogP contribution is -2.68. The maximum absolute atomic E-state index is 14.4. The van der Waals surface area contributed by atoms with Crippen molar-refractivity contribution in [1.82, 2.24) is 0 Å². The van der Waals surface area contributed by atoms with Gasteiger partial charge in [-0.3, -0.25) is 14.4 Å². The number of aliphatic hydroxyl groups excluding tert-OH is 9. The first kappa shape index (κ1) is 79.6. The molecule has 26 unspecified atom stereocenters. The monoisotopic (exact) mass is 1340 g/mol. The number of esters is 3. The highest BCUT2D eigenvalue weighted by Crippen LogP contribution is 2.40. The maximum Gasteiger partial charge on any atom is 0.306 e. The molecule has 0 amide bonds. The fourth-order valence-corrected chi connectivity index (χ4v) is 13.4. The van der Waals surface area contributed by atoms with Crippen molar-refractivity contribution in [3.63, 3.8) is 0 Å². The van der Waals surface area contributed by atoms with Gasteiger partial charge in [0.05, 0.1) is 37.1 Å². The Bertz CT molecular complexity index is 2080. The predicted octanol–water partition coefficient (Wildman–Crippen LogP) is 6.40. The van der Waals surface area contributed by atoms with Gasteiger partial charge in [0.2, 0.25) is 0 Å². The molecule has 0 aromatic carbocycles. The number of unbranched alkanes of at least 4 members (excludes halogenated alkanes) is 16. The van der Waals surface area contributed by atoms with Crippen molar-refractivity contribution in [1.29, 1.82) is 0 Å². The Hall–Kier alpha value is -2.35. The first-order chi connectivity index (χ1) is 44.7. The number of rotatable bonds is 31. The van der Waals surface area contributed by atoms with Crippen LogP contribution in [0.25, 0.3) is 0 Å². The molecule has 6 aliphatic heterocycles. The van der Waals surface area contributed by atoms with Gasteiger partial charge in [0, 0.05) is 19.3 Å². The average Bonchev–Trinajstić information content (AvgIpc) is 0.780. The zero-order chi connectivity index (χ0) is 67.6. The number of ether oxygens (including phenoxy) is 13. The molecule has 0 spiro atoms. The molecule has 0 aromatic heterocycles. The van der Waals surface area contributed by atoms with Crippen LogP contribution in [0.3, 0.4) is 0 Å². The summed E-state index contributed by atoms with van der Waals surface area (Å²) in [5, 5.41) is 103. The van der Waals surface area contributed by atoms with Gasteiger partial charge in [0.15, 0.2) is 49.8 Å². The number of carbonyl (C=O) groups excluding carboxylic acids is 3. The molecule has 0 saturated carbocycles. The van der Waals surface area contributed by atoms with E-state index in [1.54, 1.807) is 13.8 Å². The lowest BCUT2D eigenvalue weighted by atomic mass is 9.95. The van der Waals surface area contributed by atoms with Crippen molar-refractivity contribution >= 4 is 17.9 Å². The van der Waals surface area contributed by atoms with Crippen LogP contribution in [0.2, 0.25) is 0 Å². The molecule has 2 bridgehead atoms. The van der Waals surface area contributed by atoms with Crippen LogP contribution in [0.4, 0.5) is 0 Å². The zero-order valence-electron chi connectivity index (χ0n) is 56.7. The topological polar surface area (TPSA) is 353 Å². The second kappa shape index (κ2) is 41.9. The molecule has 9 N–H and O–H groups in total. The molecular weight excluding hydrogens is 1220 g/mol. The molecule has 0 aliphatic carbocycles. The lowest BCUT2D eigenvalue weighted by molar-refractivity contribution is -0.400. The molecule has 0 aromatic rings. The summed E-state index contributed by atoms with van der Waals surface area (Å²) in [5.41, 5.74) is 0. The summed E-state index contributed by atoms with van der Waals surface area (Å²) in [7, 11) is 0. The molecule has 6 heterocycles. The van der Waals surface area contributed by atoms with Crippen molar-refractivity contribution in [2.45, 2.75) is 407 Å². The third kappa shape index (κ3) is 24.2. The highest BCUT2D eigenvalue weighted by Gasteiger charge is 2.59. The van der Waals surface area contributed by atoms with E-state index in [-0.39, 0.29) is 25.4 Å². The SMILES string of the molecule is CCCCCCCCCCCC(=O)OC1C(OC2C(C)OC3OC4C(OC(CCCCC)CCCCCCCCCC(=O)OC2C3O)OC(C)C(O)C4O)OC(C)C(OC2OC(C)C(OC(=O)CCCCCCCCC)C(O)C2O)C1OC1OC(CO)C(O)C(O)C1O. The van der Waals surface area contributed by atoms with Gasteiger partial charge in [0.25, 0.3) is 0 Å². The van der Waals surface area contributed by atoms with Gasteiger partial charge in [0.1, 0.15) is 79.4 Å². The molecule has 93 heavy (non-hydrogen) atoms. The van der Waals surface area contributed by atoms with Gasteiger partial charge >= 0.3 is 17.9 Å². The van der Waals surface area contributed by atoms with Gasteiger partial charge in [-0.2, -0.15) is 0 Å². The Morgan fingerprint density at radius 1 is 0.409 bits per heavy atom. The maximum atomic E-state index is 14.4. The molecule has 0 radical (unpaired) electrons. The summed E-state index contributed by atoms with van der Waals surface area (Å²) in [6, 6.07) is 0. The fourth-order valence-electron chi connectivity index (χ4n) is 13.4. The summed E-state index contributed by atoms with van der Waals surface area (Å²) >= 11 is 0. The van der Waals surface area contributed by atoms with Crippen molar-refractivity contribution in [3.05, 3.63) is 0 Å². The molecule has 6 aliphatic rings. The summed E-state index contributed by atoms with van der Waals surface area (Å²) < 4.78 is 82.7. The van der Waals surface area contributed by atoms with Crippen LogP contribution in [0.5, 0.6) is 0 Å². The predicted molar refractivity (Wildman–Crippen MR) is 335 cm³/mol. The Balaban J connectivity index is 1.33. The Morgan fingerprint density at radius 3 is 1.51 bits per heavy atom. The molecule has 25 nitrogen and oxygen atoms in total. The van der Waals surface area contributed by atoms with E-state index in [2.05, 4.69) is 20.8 Å². The second-order valence-electron chi connectivity index (χ2n) is 27.0. The van der Waals surface area contributed by atoms with Gasteiger partial charge in [-0.05, 0) is 59.8 Å². The van der Waals surface area contributed by atoms with E-state index in [4.69, 9.17) is 61.6 Å². The van der Waals surface area contributed by atoms with E-state index in [1.165, 1.54) is 13.8 Å². The normalized spacial score (nSPS) is 39.4. The third-order valence-corrected chi connectivity index (χ3v) is 19.2. The number of fused-ring (bicyclic) bond motifs is 3. The van der Waals surface area contributed by atoms with E-state index < -0.39 is 178 Å². The Morgan fingerprint density at radius 2 is 0.892 bits per heavy atom. The number of hydrogen-bond donors (Lipinski definition) is 9. The quantitative estimate of drug-likeness (QED) is 0.0206. The summed E-state index contributed by atoms with van der Waals surface area (Å²) in [6.07, 6.45) is -14.6. The standard InChI is InChI=1S/C68H120O25/c1-8-11-14-16-18-19-23-27-33-38-48(72)89-63-62(93-65-54(78)51(75)50(74)45(39-69)86-65)59(90-64-55(79)53(77)57(41(5)82-64)87-46(70)36-31-26-21-17-15-12-9-2)43(7)84-68(63)91-58-42(6)83-66-56(80)60(58)88-47(71)37-32-28-24-20-22-25-30-35-44(34-29-13-10-3)85-67-61(92-66)52(76)49(73)40(4)81-67/h40-45,49-69,73-80H,8-39H2,1-7H3. The minimum Gasteiger partial charge on any atom is -0.457 e. The molecule has 6 rings (SSSR count).